The maximum atomic E-state index is 3.50. The largest absolute Gasteiger partial charge is 0.366 e. The van der Waals surface area contributed by atoms with E-state index in [4.69, 9.17) is 0 Å². The molecule has 3 rings (SSSR count). The Morgan fingerprint density at radius 3 is 2.44 bits per heavy atom. The molecule has 0 saturated carbocycles. The van der Waals surface area contributed by atoms with Gasteiger partial charge in [0.05, 0.1) is 0 Å². The molecule has 1 saturated heterocycles. The lowest BCUT2D eigenvalue weighted by molar-refractivity contribution is 0.312. The molecular formula is C16H24N2. The van der Waals surface area contributed by atoms with Crippen LogP contribution in [0, 0.1) is 0 Å². The van der Waals surface area contributed by atoms with Crippen molar-refractivity contribution in [3.8, 4) is 0 Å². The van der Waals surface area contributed by atoms with Crippen LogP contribution in [0.2, 0.25) is 0 Å². The fourth-order valence-electron chi connectivity index (χ4n) is 3.56. The van der Waals surface area contributed by atoms with Crippen molar-refractivity contribution in [1.29, 1.82) is 0 Å². The minimum Gasteiger partial charge on any atom is -0.366 e. The van der Waals surface area contributed by atoms with E-state index in [1.54, 1.807) is 5.56 Å². The Morgan fingerprint density at radius 1 is 1.11 bits per heavy atom. The molecule has 2 aliphatic heterocycles. The van der Waals surface area contributed by atoms with Gasteiger partial charge in [0, 0.05) is 23.2 Å². The lowest BCUT2D eigenvalue weighted by Gasteiger charge is -2.39. The lowest BCUT2D eigenvalue weighted by atomic mass is 9.75. The van der Waals surface area contributed by atoms with Gasteiger partial charge in [-0.15, -0.1) is 0 Å². The number of anilines is 1. The first-order valence-electron chi connectivity index (χ1n) is 7.11. The van der Waals surface area contributed by atoms with E-state index in [1.165, 1.54) is 25.1 Å². The number of para-hydroxylation sites is 1. The zero-order valence-corrected chi connectivity index (χ0v) is 11.8. The zero-order chi connectivity index (χ0) is 12.8. The third-order valence-corrected chi connectivity index (χ3v) is 4.60. The van der Waals surface area contributed by atoms with E-state index in [-0.39, 0.29) is 5.54 Å². The van der Waals surface area contributed by atoms with Crippen LogP contribution >= 0.6 is 0 Å². The van der Waals surface area contributed by atoms with E-state index in [2.05, 4.69) is 55.3 Å². The van der Waals surface area contributed by atoms with Crippen LogP contribution in [0.15, 0.2) is 24.3 Å². The fraction of sp³-hybridized carbons (Fsp3) is 0.625. The van der Waals surface area contributed by atoms with Crippen molar-refractivity contribution >= 4 is 5.69 Å². The Morgan fingerprint density at radius 2 is 1.78 bits per heavy atom. The first-order valence-corrected chi connectivity index (χ1v) is 7.11. The molecule has 0 radical (unpaired) electrons. The summed E-state index contributed by atoms with van der Waals surface area (Å²) >= 11 is 0. The van der Waals surface area contributed by atoms with E-state index in [9.17, 15) is 0 Å². The van der Waals surface area contributed by atoms with E-state index >= 15 is 0 Å². The maximum absolute atomic E-state index is 3.50. The second-order valence-corrected chi connectivity index (χ2v) is 6.80. The standard InChI is InChI=1S/C16H24N2/c1-15(2,3)18-12-16(8-10-17-11-9-16)13-6-4-5-7-14(13)18/h4-7,17H,8-12H2,1-3H3. The minimum atomic E-state index is 0.213. The summed E-state index contributed by atoms with van der Waals surface area (Å²) in [6.07, 6.45) is 2.55. The summed E-state index contributed by atoms with van der Waals surface area (Å²) in [5, 5.41) is 3.50. The summed E-state index contributed by atoms with van der Waals surface area (Å²) in [7, 11) is 0. The first-order chi connectivity index (χ1) is 8.53. The van der Waals surface area contributed by atoms with Gasteiger partial charge in [-0.05, 0) is 58.3 Å². The summed E-state index contributed by atoms with van der Waals surface area (Å²) < 4.78 is 0. The SMILES string of the molecule is CC(C)(C)N1CC2(CCNCC2)c2ccccc21. The highest BCUT2D eigenvalue weighted by atomic mass is 15.2. The minimum absolute atomic E-state index is 0.213. The maximum Gasteiger partial charge on any atom is 0.0409 e. The molecule has 1 N–H and O–H groups in total. The zero-order valence-electron chi connectivity index (χ0n) is 11.8. The number of nitrogens with zero attached hydrogens (tertiary/aromatic N) is 1. The number of piperidine rings is 1. The van der Waals surface area contributed by atoms with Crippen molar-refractivity contribution in [3.63, 3.8) is 0 Å². The highest BCUT2D eigenvalue weighted by Gasteiger charge is 2.45. The highest BCUT2D eigenvalue weighted by Crippen LogP contribution is 2.48. The molecule has 18 heavy (non-hydrogen) atoms. The van der Waals surface area contributed by atoms with Crippen molar-refractivity contribution in [2.24, 2.45) is 0 Å². The molecule has 1 aromatic carbocycles. The molecule has 0 aliphatic carbocycles. The number of fused-ring (bicyclic) bond motifs is 2. The van der Waals surface area contributed by atoms with Gasteiger partial charge < -0.3 is 10.2 Å². The number of nitrogens with one attached hydrogen (secondary N) is 1. The Kier molecular flexibility index (Phi) is 2.67. The molecule has 1 fully saturated rings. The van der Waals surface area contributed by atoms with Gasteiger partial charge in [0.15, 0.2) is 0 Å². The normalized spacial score (nSPS) is 22.3. The molecule has 0 bridgehead atoms. The smallest absolute Gasteiger partial charge is 0.0409 e. The molecule has 1 aromatic rings. The monoisotopic (exact) mass is 244 g/mol. The Hall–Kier alpha value is -1.02. The van der Waals surface area contributed by atoms with Crippen LogP contribution in [0.25, 0.3) is 0 Å². The van der Waals surface area contributed by atoms with Crippen LogP contribution in [-0.4, -0.2) is 25.2 Å². The third-order valence-electron chi connectivity index (χ3n) is 4.60. The fourth-order valence-corrected chi connectivity index (χ4v) is 3.56. The topological polar surface area (TPSA) is 15.3 Å². The molecule has 2 aliphatic rings. The van der Waals surface area contributed by atoms with Crippen LogP contribution in [-0.2, 0) is 5.41 Å². The van der Waals surface area contributed by atoms with Crippen molar-refractivity contribution < 1.29 is 0 Å². The van der Waals surface area contributed by atoms with Gasteiger partial charge >= 0.3 is 0 Å². The molecule has 2 heterocycles. The Labute approximate surface area is 110 Å². The van der Waals surface area contributed by atoms with Crippen LogP contribution in [0.3, 0.4) is 0 Å². The van der Waals surface area contributed by atoms with Crippen LogP contribution < -0.4 is 10.2 Å². The first kappa shape index (κ1) is 12.0. The quantitative estimate of drug-likeness (QED) is 0.755. The Balaban J connectivity index is 2.06. The van der Waals surface area contributed by atoms with Crippen LogP contribution in [0.1, 0.15) is 39.2 Å². The average molecular weight is 244 g/mol. The summed E-state index contributed by atoms with van der Waals surface area (Å²) in [5.74, 6) is 0. The Bertz CT molecular complexity index is 439. The summed E-state index contributed by atoms with van der Waals surface area (Å²) in [4.78, 5) is 2.60. The lowest BCUT2D eigenvalue weighted by Crippen LogP contribution is -2.47. The molecule has 0 amide bonds. The van der Waals surface area contributed by atoms with Gasteiger partial charge in [-0.25, -0.2) is 0 Å². The predicted molar refractivity (Wildman–Crippen MR) is 77.3 cm³/mol. The van der Waals surface area contributed by atoms with E-state index in [0.29, 0.717) is 5.41 Å². The number of rotatable bonds is 0. The molecule has 0 aromatic heterocycles. The third kappa shape index (κ3) is 1.74. The second-order valence-electron chi connectivity index (χ2n) is 6.80. The molecule has 98 valence electrons. The predicted octanol–water partition coefficient (Wildman–Crippen LogP) is 2.93. The number of hydrogen-bond acceptors (Lipinski definition) is 2. The molecule has 1 spiro atoms. The number of hydrogen-bond donors (Lipinski definition) is 1. The second kappa shape index (κ2) is 3.99. The van der Waals surface area contributed by atoms with Gasteiger partial charge in [-0.1, -0.05) is 18.2 Å². The molecule has 2 nitrogen and oxygen atoms in total. The van der Waals surface area contributed by atoms with Crippen LogP contribution in [0.4, 0.5) is 5.69 Å². The summed E-state index contributed by atoms with van der Waals surface area (Å²) in [6, 6.07) is 9.04. The van der Waals surface area contributed by atoms with Gasteiger partial charge in [0.1, 0.15) is 0 Å². The summed E-state index contributed by atoms with van der Waals surface area (Å²) in [5.41, 5.74) is 3.66. The van der Waals surface area contributed by atoms with E-state index < -0.39 is 0 Å². The van der Waals surface area contributed by atoms with E-state index in [0.717, 1.165) is 13.1 Å². The summed E-state index contributed by atoms with van der Waals surface area (Å²) in [6.45, 7) is 10.5. The number of benzene rings is 1. The average Bonchev–Trinajstić information content (AvgIpc) is 2.66. The molecule has 2 heteroatoms. The van der Waals surface area contributed by atoms with Crippen LogP contribution in [0.5, 0.6) is 0 Å². The van der Waals surface area contributed by atoms with Crippen molar-refractivity contribution in [3.05, 3.63) is 29.8 Å². The van der Waals surface area contributed by atoms with Gasteiger partial charge in [0.25, 0.3) is 0 Å². The molecule has 0 atom stereocenters. The van der Waals surface area contributed by atoms with E-state index in [1.807, 2.05) is 0 Å². The van der Waals surface area contributed by atoms with Crippen molar-refractivity contribution in [1.82, 2.24) is 5.32 Å². The molecule has 0 unspecified atom stereocenters. The highest BCUT2D eigenvalue weighted by molar-refractivity contribution is 5.64. The van der Waals surface area contributed by atoms with Crippen molar-refractivity contribution in [2.75, 3.05) is 24.5 Å². The van der Waals surface area contributed by atoms with Gasteiger partial charge in [-0.2, -0.15) is 0 Å². The van der Waals surface area contributed by atoms with Gasteiger partial charge in [-0.3, -0.25) is 0 Å². The van der Waals surface area contributed by atoms with Gasteiger partial charge in [0.2, 0.25) is 0 Å². The molecular weight excluding hydrogens is 220 g/mol. The van der Waals surface area contributed by atoms with Crippen molar-refractivity contribution in [2.45, 2.75) is 44.6 Å².